The van der Waals surface area contributed by atoms with E-state index in [9.17, 15) is 26.3 Å². The molecule has 1 aliphatic carbocycles. The van der Waals surface area contributed by atoms with Crippen molar-refractivity contribution in [3.63, 3.8) is 0 Å². The molecule has 27 heavy (non-hydrogen) atoms. The van der Waals surface area contributed by atoms with Crippen LogP contribution in [0, 0.1) is 5.92 Å². The maximum Gasteiger partial charge on any atom is 0.420 e. The van der Waals surface area contributed by atoms with Gasteiger partial charge in [-0.3, -0.25) is 0 Å². The van der Waals surface area contributed by atoms with Gasteiger partial charge in [-0.25, -0.2) is 0 Å². The second-order valence-corrected chi connectivity index (χ2v) is 6.98. The summed E-state index contributed by atoms with van der Waals surface area (Å²) < 4.78 is 85.0. The molecule has 0 atom stereocenters. The average molecular weight is 390 g/mol. The van der Waals surface area contributed by atoms with Gasteiger partial charge in [-0.15, -0.1) is 0 Å². The maximum atomic E-state index is 13.7. The summed E-state index contributed by atoms with van der Waals surface area (Å²) in [4.78, 5) is 0. The van der Waals surface area contributed by atoms with Crippen LogP contribution in [0.5, 0.6) is 5.75 Å². The molecule has 148 valence electrons. The van der Waals surface area contributed by atoms with Crippen molar-refractivity contribution in [2.45, 2.75) is 57.5 Å². The predicted molar refractivity (Wildman–Crippen MR) is 90.8 cm³/mol. The number of halogens is 6. The first-order valence-corrected chi connectivity index (χ1v) is 8.95. The largest absolute Gasteiger partial charge is 0.490 e. The fourth-order valence-electron chi connectivity index (χ4n) is 3.66. The van der Waals surface area contributed by atoms with Crippen LogP contribution < -0.4 is 4.74 Å². The first-order chi connectivity index (χ1) is 12.6. The first-order valence-electron chi connectivity index (χ1n) is 8.95. The highest BCUT2D eigenvalue weighted by molar-refractivity contribution is 5.89. The van der Waals surface area contributed by atoms with Gasteiger partial charge in [0.2, 0.25) is 0 Å². The molecule has 7 heteroatoms. The summed E-state index contributed by atoms with van der Waals surface area (Å²) in [6.07, 6.45) is -8.88. The van der Waals surface area contributed by atoms with Crippen LogP contribution in [0.3, 0.4) is 0 Å². The molecule has 0 aromatic heterocycles. The van der Waals surface area contributed by atoms with E-state index in [1.54, 1.807) is 18.2 Å². The highest BCUT2D eigenvalue weighted by Gasteiger charge is 2.42. The Morgan fingerprint density at radius 1 is 0.926 bits per heavy atom. The Morgan fingerprint density at radius 3 is 2.15 bits per heavy atom. The molecule has 0 bridgehead atoms. The lowest BCUT2D eigenvalue weighted by Gasteiger charge is -2.31. The zero-order valence-corrected chi connectivity index (χ0v) is 14.8. The molecule has 0 unspecified atom stereocenters. The van der Waals surface area contributed by atoms with Crippen LogP contribution in [-0.2, 0) is 12.6 Å². The Hall–Kier alpha value is -1.92. The van der Waals surface area contributed by atoms with Crippen LogP contribution in [0.25, 0.3) is 10.8 Å². The van der Waals surface area contributed by atoms with Gasteiger partial charge in [0.25, 0.3) is 0 Å². The normalized spacial score (nSPS) is 21.4. The van der Waals surface area contributed by atoms with Gasteiger partial charge in [0.05, 0.1) is 12.0 Å². The molecule has 2 aromatic rings. The molecule has 1 fully saturated rings. The Morgan fingerprint density at radius 2 is 1.59 bits per heavy atom. The molecule has 3 rings (SSSR count). The van der Waals surface area contributed by atoms with Crippen molar-refractivity contribution in [2.75, 3.05) is 0 Å². The van der Waals surface area contributed by atoms with Crippen LogP contribution in [0.4, 0.5) is 26.3 Å². The van der Waals surface area contributed by atoms with Crippen molar-refractivity contribution in [2.24, 2.45) is 5.92 Å². The van der Waals surface area contributed by atoms with E-state index in [1.165, 1.54) is 12.1 Å². The predicted octanol–water partition coefficient (Wildman–Crippen LogP) is 6.92. The van der Waals surface area contributed by atoms with Crippen LogP contribution >= 0.6 is 0 Å². The lowest BCUT2D eigenvalue weighted by Crippen LogP contribution is -2.32. The average Bonchev–Trinajstić information content (AvgIpc) is 2.59. The van der Waals surface area contributed by atoms with Crippen molar-refractivity contribution in [3.05, 3.63) is 41.5 Å². The molecular formula is C20H20F6O. The molecule has 1 aliphatic rings. The van der Waals surface area contributed by atoms with E-state index in [2.05, 4.69) is 0 Å². The monoisotopic (exact) mass is 390 g/mol. The van der Waals surface area contributed by atoms with Gasteiger partial charge in [0.15, 0.2) is 0 Å². The molecule has 0 saturated heterocycles. The minimum atomic E-state index is -4.62. The molecule has 0 amide bonds. The minimum absolute atomic E-state index is 0.0428. The van der Waals surface area contributed by atoms with Crippen LogP contribution in [0.1, 0.15) is 43.7 Å². The van der Waals surface area contributed by atoms with E-state index in [0.717, 1.165) is 5.56 Å². The second kappa shape index (κ2) is 7.24. The van der Waals surface area contributed by atoms with E-state index in [4.69, 9.17) is 4.74 Å². The molecule has 0 spiro atoms. The van der Waals surface area contributed by atoms with Gasteiger partial charge >= 0.3 is 12.4 Å². The summed E-state index contributed by atoms with van der Waals surface area (Å²) >= 11 is 0. The van der Waals surface area contributed by atoms with Gasteiger partial charge < -0.3 is 4.74 Å². The lowest BCUT2D eigenvalue weighted by atomic mass is 9.87. The Bertz CT molecular complexity index is 800. The number of fused-ring (bicyclic) bond motifs is 1. The molecular weight excluding hydrogens is 370 g/mol. The zero-order chi connectivity index (χ0) is 19.8. The van der Waals surface area contributed by atoms with Gasteiger partial charge in [0.1, 0.15) is 11.3 Å². The van der Waals surface area contributed by atoms with E-state index in [0.29, 0.717) is 11.8 Å². The standard InChI is InChI=1S/C20H20F6O/c1-2-12-3-9-16-13(11-12)4-10-17(18(16)20(24,25)26)27-15-7-5-14(6-8-15)19(21,22)23/h3-4,9-11,14-15H,2,5-8H2,1H3. The number of benzene rings is 2. The summed E-state index contributed by atoms with van der Waals surface area (Å²) in [7, 11) is 0. The highest BCUT2D eigenvalue weighted by atomic mass is 19.4. The number of aryl methyl sites for hydroxylation is 1. The minimum Gasteiger partial charge on any atom is -0.490 e. The first kappa shape index (κ1) is 19.8. The van der Waals surface area contributed by atoms with E-state index < -0.39 is 29.9 Å². The maximum absolute atomic E-state index is 13.7. The van der Waals surface area contributed by atoms with Gasteiger partial charge in [0, 0.05) is 0 Å². The zero-order valence-electron chi connectivity index (χ0n) is 14.8. The summed E-state index contributed by atoms with van der Waals surface area (Å²) in [5.41, 5.74) is 0.0652. The SMILES string of the molecule is CCc1ccc2c(C(F)(F)F)c(OC3CCC(C(F)(F)F)CC3)ccc2c1. The third-order valence-electron chi connectivity index (χ3n) is 5.17. The van der Waals surface area contributed by atoms with Crippen LogP contribution in [0.15, 0.2) is 30.3 Å². The number of rotatable bonds is 3. The van der Waals surface area contributed by atoms with Crippen molar-refractivity contribution in [1.82, 2.24) is 0 Å². The Balaban J connectivity index is 1.89. The van der Waals surface area contributed by atoms with E-state index in [-0.39, 0.29) is 36.8 Å². The van der Waals surface area contributed by atoms with Crippen LogP contribution in [0.2, 0.25) is 0 Å². The molecule has 0 radical (unpaired) electrons. The molecule has 0 aliphatic heterocycles. The number of ether oxygens (including phenoxy) is 1. The number of alkyl halides is 6. The molecule has 1 saturated carbocycles. The van der Waals surface area contributed by atoms with Crippen LogP contribution in [-0.4, -0.2) is 12.3 Å². The third kappa shape index (κ3) is 4.33. The topological polar surface area (TPSA) is 9.23 Å². The number of hydrogen-bond acceptors (Lipinski definition) is 1. The number of hydrogen-bond donors (Lipinski definition) is 0. The van der Waals surface area contributed by atoms with E-state index in [1.807, 2.05) is 6.92 Å². The molecule has 2 aromatic carbocycles. The smallest absolute Gasteiger partial charge is 0.420 e. The fraction of sp³-hybridized carbons (Fsp3) is 0.500. The van der Waals surface area contributed by atoms with Crippen molar-refractivity contribution >= 4 is 10.8 Å². The summed E-state index contributed by atoms with van der Waals surface area (Å²) in [5.74, 6) is -1.71. The molecule has 0 N–H and O–H groups in total. The molecule has 0 heterocycles. The summed E-state index contributed by atoms with van der Waals surface area (Å²) in [6, 6.07) is 7.64. The quantitative estimate of drug-likeness (QED) is 0.517. The van der Waals surface area contributed by atoms with Gasteiger partial charge in [-0.2, -0.15) is 26.3 Å². The highest BCUT2D eigenvalue weighted by Crippen LogP contribution is 2.44. The van der Waals surface area contributed by atoms with Gasteiger partial charge in [-0.05, 0) is 54.5 Å². The Labute approximate surface area is 153 Å². The van der Waals surface area contributed by atoms with Crippen molar-refractivity contribution in [3.8, 4) is 5.75 Å². The fourth-order valence-corrected chi connectivity index (χ4v) is 3.66. The Kier molecular flexibility index (Phi) is 5.32. The summed E-state index contributed by atoms with van der Waals surface area (Å²) in [5, 5.41) is 0.510. The third-order valence-corrected chi connectivity index (χ3v) is 5.17. The van der Waals surface area contributed by atoms with Crippen molar-refractivity contribution < 1.29 is 31.1 Å². The summed E-state index contributed by atoms with van der Waals surface area (Å²) in [6.45, 7) is 1.92. The van der Waals surface area contributed by atoms with E-state index >= 15 is 0 Å². The second-order valence-electron chi connectivity index (χ2n) is 6.98. The van der Waals surface area contributed by atoms with Crippen molar-refractivity contribution in [1.29, 1.82) is 0 Å². The molecule has 1 nitrogen and oxygen atoms in total. The van der Waals surface area contributed by atoms with Gasteiger partial charge in [-0.1, -0.05) is 31.2 Å². The lowest BCUT2D eigenvalue weighted by molar-refractivity contribution is -0.185.